The first-order chi connectivity index (χ1) is 9.56. The summed E-state index contributed by atoms with van der Waals surface area (Å²) in [6.07, 6.45) is 6.87. The fraction of sp³-hybridized carbons (Fsp3) is 0.375. The molecular weight excluding hydrogens is 254 g/mol. The van der Waals surface area contributed by atoms with Gasteiger partial charge in [0.25, 0.3) is 0 Å². The van der Waals surface area contributed by atoms with E-state index in [2.05, 4.69) is 5.32 Å². The first kappa shape index (κ1) is 14.3. The zero-order valence-electron chi connectivity index (χ0n) is 11.6. The van der Waals surface area contributed by atoms with Crippen molar-refractivity contribution in [1.82, 2.24) is 0 Å². The molecule has 1 fully saturated rings. The summed E-state index contributed by atoms with van der Waals surface area (Å²) in [5, 5.41) is 11.6. The fourth-order valence-electron chi connectivity index (χ4n) is 2.52. The average molecular weight is 273 g/mol. The van der Waals surface area contributed by atoms with Crippen LogP contribution in [0.1, 0.15) is 36.8 Å². The number of hydrogen-bond acceptors (Lipinski definition) is 2. The summed E-state index contributed by atoms with van der Waals surface area (Å²) < 4.78 is 0. The van der Waals surface area contributed by atoms with Crippen LogP contribution in [0.15, 0.2) is 24.3 Å². The van der Waals surface area contributed by atoms with Crippen LogP contribution in [0.25, 0.3) is 6.08 Å². The molecule has 0 bridgehead atoms. The molecule has 0 radical (unpaired) electrons. The Balaban J connectivity index is 2.05. The Morgan fingerprint density at radius 1 is 1.30 bits per heavy atom. The third-order valence-corrected chi connectivity index (χ3v) is 3.65. The Kier molecular flexibility index (Phi) is 4.56. The number of carboxylic acids is 1. The van der Waals surface area contributed by atoms with Gasteiger partial charge in [0.1, 0.15) is 0 Å². The van der Waals surface area contributed by atoms with Crippen molar-refractivity contribution in [2.75, 3.05) is 5.32 Å². The lowest BCUT2D eigenvalue weighted by atomic mass is 10.1. The van der Waals surface area contributed by atoms with Gasteiger partial charge in [0.05, 0.1) is 0 Å². The second-order valence-electron chi connectivity index (χ2n) is 5.22. The molecule has 0 spiro atoms. The number of carboxylic acid groups (broad SMARTS) is 1. The van der Waals surface area contributed by atoms with Gasteiger partial charge in [-0.25, -0.2) is 4.79 Å². The second-order valence-corrected chi connectivity index (χ2v) is 5.22. The van der Waals surface area contributed by atoms with Crippen LogP contribution >= 0.6 is 0 Å². The van der Waals surface area contributed by atoms with Crippen LogP contribution in [0.2, 0.25) is 0 Å². The number of rotatable bonds is 4. The van der Waals surface area contributed by atoms with Gasteiger partial charge in [-0.2, -0.15) is 0 Å². The molecule has 0 atom stereocenters. The molecule has 0 unspecified atom stereocenters. The fourth-order valence-corrected chi connectivity index (χ4v) is 2.52. The molecule has 1 amide bonds. The van der Waals surface area contributed by atoms with Crippen molar-refractivity contribution in [3.8, 4) is 0 Å². The van der Waals surface area contributed by atoms with E-state index >= 15 is 0 Å². The molecule has 2 N–H and O–H groups in total. The average Bonchev–Trinajstić information content (AvgIpc) is 2.93. The van der Waals surface area contributed by atoms with E-state index in [4.69, 9.17) is 5.11 Å². The number of amides is 1. The number of aliphatic carboxylic acids is 1. The molecule has 4 heteroatoms. The molecule has 106 valence electrons. The minimum atomic E-state index is -0.971. The van der Waals surface area contributed by atoms with Gasteiger partial charge in [-0.3, -0.25) is 4.79 Å². The SMILES string of the molecule is Cc1cc(C=CC(=O)O)ccc1NC(=O)C1CCCC1. The van der Waals surface area contributed by atoms with Gasteiger partial charge < -0.3 is 10.4 Å². The number of anilines is 1. The number of aryl methyl sites for hydroxylation is 1. The molecule has 2 rings (SSSR count). The normalized spacial score (nSPS) is 15.7. The number of carbonyl (C=O) groups is 2. The smallest absolute Gasteiger partial charge is 0.328 e. The van der Waals surface area contributed by atoms with E-state index in [1.807, 2.05) is 19.1 Å². The Morgan fingerprint density at radius 2 is 2.00 bits per heavy atom. The van der Waals surface area contributed by atoms with E-state index in [0.29, 0.717) is 0 Å². The van der Waals surface area contributed by atoms with Crippen LogP contribution in [-0.2, 0) is 9.59 Å². The highest BCUT2D eigenvalue weighted by Crippen LogP contribution is 2.27. The van der Waals surface area contributed by atoms with Crippen LogP contribution in [0.5, 0.6) is 0 Å². The summed E-state index contributed by atoms with van der Waals surface area (Å²) in [6.45, 7) is 1.91. The van der Waals surface area contributed by atoms with Crippen LogP contribution in [0, 0.1) is 12.8 Å². The van der Waals surface area contributed by atoms with E-state index in [1.54, 1.807) is 6.07 Å². The van der Waals surface area contributed by atoms with Crippen molar-refractivity contribution in [2.45, 2.75) is 32.6 Å². The zero-order valence-corrected chi connectivity index (χ0v) is 11.6. The molecule has 1 aromatic rings. The maximum atomic E-state index is 12.1. The quantitative estimate of drug-likeness (QED) is 0.828. The van der Waals surface area contributed by atoms with Gasteiger partial charge in [-0.15, -0.1) is 0 Å². The van der Waals surface area contributed by atoms with Gasteiger partial charge in [-0.1, -0.05) is 18.9 Å². The minimum Gasteiger partial charge on any atom is -0.478 e. The monoisotopic (exact) mass is 273 g/mol. The predicted molar refractivity (Wildman–Crippen MR) is 78.4 cm³/mol. The summed E-state index contributed by atoms with van der Waals surface area (Å²) in [7, 11) is 0. The first-order valence-electron chi connectivity index (χ1n) is 6.89. The molecule has 0 aromatic heterocycles. The number of benzene rings is 1. The van der Waals surface area contributed by atoms with E-state index in [0.717, 1.165) is 48.6 Å². The maximum absolute atomic E-state index is 12.1. The zero-order chi connectivity index (χ0) is 14.5. The lowest BCUT2D eigenvalue weighted by Crippen LogP contribution is -2.20. The molecule has 0 heterocycles. The van der Waals surface area contributed by atoms with Crippen molar-refractivity contribution in [3.05, 3.63) is 35.4 Å². The van der Waals surface area contributed by atoms with E-state index < -0.39 is 5.97 Å². The molecule has 1 aliphatic carbocycles. The van der Waals surface area contributed by atoms with Gasteiger partial charge in [0.2, 0.25) is 5.91 Å². The van der Waals surface area contributed by atoms with E-state index in [1.165, 1.54) is 6.08 Å². The van der Waals surface area contributed by atoms with Gasteiger partial charge in [0.15, 0.2) is 0 Å². The molecule has 0 aliphatic heterocycles. The number of hydrogen-bond donors (Lipinski definition) is 2. The van der Waals surface area contributed by atoms with Gasteiger partial charge in [-0.05, 0) is 49.1 Å². The Hall–Kier alpha value is -2.10. The highest BCUT2D eigenvalue weighted by atomic mass is 16.4. The third-order valence-electron chi connectivity index (χ3n) is 3.65. The summed E-state index contributed by atoms with van der Waals surface area (Å²) in [6, 6.07) is 5.49. The summed E-state index contributed by atoms with van der Waals surface area (Å²) >= 11 is 0. The summed E-state index contributed by atoms with van der Waals surface area (Å²) in [5.41, 5.74) is 2.54. The van der Waals surface area contributed by atoms with Crippen molar-refractivity contribution in [1.29, 1.82) is 0 Å². The van der Waals surface area contributed by atoms with Crippen LogP contribution in [-0.4, -0.2) is 17.0 Å². The molecule has 1 saturated carbocycles. The van der Waals surface area contributed by atoms with Crippen LogP contribution in [0.3, 0.4) is 0 Å². The third kappa shape index (κ3) is 3.70. The van der Waals surface area contributed by atoms with E-state index in [9.17, 15) is 9.59 Å². The molecule has 4 nitrogen and oxygen atoms in total. The lowest BCUT2D eigenvalue weighted by Gasteiger charge is -2.12. The highest BCUT2D eigenvalue weighted by Gasteiger charge is 2.22. The molecule has 20 heavy (non-hydrogen) atoms. The summed E-state index contributed by atoms with van der Waals surface area (Å²) in [5.74, 6) is -0.735. The predicted octanol–water partition coefficient (Wildman–Crippen LogP) is 3.22. The highest BCUT2D eigenvalue weighted by molar-refractivity contribution is 5.93. The standard InChI is InChI=1S/C16H19NO3/c1-11-10-12(7-9-15(18)19)6-8-14(11)17-16(20)13-4-2-3-5-13/h6-10,13H,2-5H2,1H3,(H,17,20)(H,18,19). The Morgan fingerprint density at radius 3 is 2.60 bits per heavy atom. The molecule has 1 aromatic carbocycles. The number of nitrogens with one attached hydrogen (secondary N) is 1. The maximum Gasteiger partial charge on any atom is 0.328 e. The Labute approximate surface area is 118 Å². The van der Waals surface area contributed by atoms with Gasteiger partial charge >= 0.3 is 5.97 Å². The number of carbonyl (C=O) groups excluding carboxylic acids is 1. The van der Waals surface area contributed by atoms with Crippen molar-refractivity contribution >= 4 is 23.6 Å². The topological polar surface area (TPSA) is 66.4 Å². The van der Waals surface area contributed by atoms with Crippen molar-refractivity contribution < 1.29 is 14.7 Å². The van der Waals surface area contributed by atoms with E-state index in [-0.39, 0.29) is 11.8 Å². The lowest BCUT2D eigenvalue weighted by molar-refractivity contribution is -0.131. The van der Waals surface area contributed by atoms with Crippen molar-refractivity contribution in [2.24, 2.45) is 5.92 Å². The molecule has 1 aliphatic rings. The summed E-state index contributed by atoms with van der Waals surface area (Å²) in [4.78, 5) is 22.5. The van der Waals surface area contributed by atoms with Crippen molar-refractivity contribution in [3.63, 3.8) is 0 Å². The largest absolute Gasteiger partial charge is 0.478 e. The second kappa shape index (κ2) is 6.37. The van der Waals surface area contributed by atoms with Gasteiger partial charge in [0, 0.05) is 17.7 Å². The Bertz CT molecular complexity index is 543. The van der Waals surface area contributed by atoms with Crippen LogP contribution < -0.4 is 5.32 Å². The minimum absolute atomic E-state index is 0.0967. The first-order valence-corrected chi connectivity index (χ1v) is 6.89. The molecule has 0 saturated heterocycles. The molecular formula is C16H19NO3. The van der Waals surface area contributed by atoms with Crippen LogP contribution in [0.4, 0.5) is 5.69 Å².